The topological polar surface area (TPSA) is 29.5 Å². The van der Waals surface area contributed by atoms with Crippen LogP contribution in [0.5, 0.6) is 5.75 Å². The normalized spacial score (nSPS) is 23.2. The first-order valence-corrected chi connectivity index (χ1v) is 6.27. The maximum absolute atomic E-state index is 9.77. The second-order valence-corrected chi connectivity index (χ2v) is 4.96. The monoisotopic (exact) mass is 218 g/mol. The summed E-state index contributed by atoms with van der Waals surface area (Å²) in [5.74, 6) is 1.91. The Bertz CT molecular complexity index is 382. The number of aliphatic hydroxyl groups is 1. The quantitative estimate of drug-likeness (QED) is 0.842. The van der Waals surface area contributed by atoms with Crippen molar-refractivity contribution in [2.75, 3.05) is 6.61 Å². The van der Waals surface area contributed by atoms with Gasteiger partial charge in [0.25, 0.3) is 0 Å². The lowest BCUT2D eigenvalue weighted by Crippen LogP contribution is -2.01. The van der Waals surface area contributed by atoms with E-state index < -0.39 is 0 Å². The Balaban J connectivity index is 1.69. The fraction of sp³-hybridized carbons (Fsp3) is 0.571. The Kier molecular flexibility index (Phi) is 2.60. The zero-order valence-corrected chi connectivity index (χ0v) is 9.48. The van der Waals surface area contributed by atoms with Gasteiger partial charge >= 0.3 is 0 Å². The minimum atomic E-state index is -0.276. The van der Waals surface area contributed by atoms with E-state index >= 15 is 0 Å². The molecule has 2 aliphatic carbocycles. The van der Waals surface area contributed by atoms with Crippen molar-refractivity contribution >= 4 is 0 Å². The third kappa shape index (κ3) is 1.94. The van der Waals surface area contributed by atoms with Crippen LogP contribution in [0.3, 0.4) is 0 Å². The predicted octanol–water partition coefficient (Wildman–Crippen LogP) is 2.85. The first-order chi connectivity index (χ1) is 7.84. The Labute approximate surface area is 96.2 Å². The summed E-state index contributed by atoms with van der Waals surface area (Å²) in [6.07, 6.45) is 5.48. The number of benzene rings is 1. The van der Waals surface area contributed by atoms with E-state index in [0.717, 1.165) is 36.7 Å². The molecule has 0 amide bonds. The first-order valence-electron chi connectivity index (χ1n) is 6.27. The number of rotatable bonds is 4. The summed E-state index contributed by atoms with van der Waals surface area (Å²) in [4.78, 5) is 0. The molecule has 2 nitrogen and oxygen atoms in total. The molecule has 86 valence electrons. The van der Waals surface area contributed by atoms with Gasteiger partial charge in [0, 0.05) is 5.56 Å². The van der Waals surface area contributed by atoms with Gasteiger partial charge in [-0.1, -0.05) is 25.0 Å². The standard InChI is InChI=1S/C14H18O2/c15-13-7-6-12-11(13)2-1-3-14(12)16-9-8-10-4-5-10/h1-3,10,13,15H,4-9H2. The third-order valence-electron chi connectivity index (χ3n) is 3.68. The van der Waals surface area contributed by atoms with Crippen LogP contribution < -0.4 is 4.74 Å². The van der Waals surface area contributed by atoms with E-state index in [2.05, 4.69) is 0 Å². The summed E-state index contributed by atoms with van der Waals surface area (Å²) in [7, 11) is 0. The third-order valence-corrected chi connectivity index (χ3v) is 3.68. The molecule has 0 radical (unpaired) electrons. The van der Waals surface area contributed by atoms with Gasteiger partial charge in [-0.3, -0.25) is 0 Å². The van der Waals surface area contributed by atoms with Crippen molar-refractivity contribution in [2.24, 2.45) is 5.92 Å². The van der Waals surface area contributed by atoms with Crippen molar-refractivity contribution < 1.29 is 9.84 Å². The van der Waals surface area contributed by atoms with Gasteiger partial charge in [-0.2, -0.15) is 0 Å². The number of fused-ring (bicyclic) bond motifs is 1. The summed E-state index contributed by atoms with van der Waals surface area (Å²) in [5, 5.41) is 9.77. The lowest BCUT2D eigenvalue weighted by atomic mass is 10.1. The van der Waals surface area contributed by atoms with Crippen LogP contribution in [0.2, 0.25) is 0 Å². The minimum Gasteiger partial charge on any atom is -0.493 e. The number of hydrogen-bond donors (Lipinski definition) is 1. The second kappa shape index (κ2) is 4.10. The molecule has 1 saturated carbocycles. The van der Waals surface area contributed by atoms with Crippen molar-refractivity contribution in [3.8, 4) is 5.75 Å². The highest BCUT2D eigenvalue weighted by Crippen LogP contribution is 2.37. The largest absolute Gasteiger partial charge is 0.493 e. The van der Waals surface area contributed by atoms with Crippen LogP contribution in [0.25, 0.3) is 0 Å². The molecule has 1 fully saturated rings. The van der Waals surface area contributed by atoms with Gasteiger partial charge in [-0.15, -0.1) is 0 Å². The summed E-state index contributed by atoms with van der Waals surface area (Å²) < 4.78 is 5.84. The molecule has 16 heavy (non-hydrogen) atoms. The van der Waals surface area contributed by atoms with Gasteiger partial charge in [0.2, 0.25) is 0 Å². The molecule has 1 aromatic carbocycles. The van der Waals surface area contributed by atoms with E-state index in [0.29, 0.717) is 0 Å². The molecule has 1 aromatic rings. The van der Waals surface area contributed by atoms with Gasteiger partial charge < -0.3 is 9.84 Å². The van der Waals surface area contributed by atoms with Crippen LogP contribution in [-0.2, 0) is 6.42 Å². The molecule has 2 aliphatic rings. The molecule has 1 N–H and O–H groups in total. The molecule has 0 aliphatic heterocycles. The maximum Gasteiger partial charge on any atom is 0.122 e. The number of hydrogen-bond acceptors (Lipinski definition) is 2. The van der Waals surface area contributed by atoms with Crippen LogP contribution in [-0.4, -0.2) is 11.7 Å². The second-order valence-electron chi connectivity index (χ2n) is 4.96. The van der Waals surface area contributed by atoms with Crippen molar-refractivity contribution in [2.45, 2.75) is 38.2 Å². The van der Waals surface area contributed by atoms with Crippen LogP contribution in [0.1, 0.15) is 42.9 Å². The minimum absolute atomic E-state index is 0.276. The molecular formula is C14H18O2. The summed E-state index contributed by atoms with van der Waals surface area (Å²) in [6, 6.07) is 6.03. The summed E-state index contributed by atoms with van der Waals surface area (Å²) in [6.45, 7) is 0.831. The average molecular weight is 218 g/mol. The van der Waals surface area contributed by atoms with Gasteiger partial charge in [-0.25, -0.2) is 0 Å². The van der Waals surface area contributed by atoms with Crippen molar-refractivity contribution in [1.29, 1.82) is 0 Å². The molecule has 1 atom stereocenters. The number of ether oxygens (including phenoxy) is 1. The van der Waals surface area contributed by atoms with E-state index in [1.807, 2.05) is 18.2 Å². The van der Waals surface area contributed by atoms with Crippen LogP contribution in [0.15, 0.2) is 18.2 Å². The molecule has 3 rings (SSSR count). The molecule has 2 heteroatoms. The lowest BCUT2D eigenvalue weighted by Gasteiger charge is -2.11. The van der Waals surface area contributed by atoms with E-state index in [-0.39, 0.29) is 6.10 Å². The van der Waals surface area contributed by atoms with Crippen LogP contribution >= 0.6 is 0 Å². The molecule has 0 saturated heterocycles. The van der Waals surface area contributed by atoms with E-state index in [4.69, 9.17) is 4.74 Å². The van der Waals surface area contributed by atoms with E-state index in [1.165, 1.54) is 24.8 Å². The first kappa shape index (κ1) is 10.2. The molecular weight excluding hydrogens is 200 g/mol. The lowest BCUT2D eigenvalue weighted by molar-refractivity contribution is 0.180. The highest BCUT2D eigenvalue weighted by molar-refractivity contribution is 5.44. The molecule has 0 spiro atoms. The maximum atomic E-state index is 9.77. The van der Waals surface area contributed by atoms with Crippen molar-refractivity contribution in [1.82, 2.24) is 0 Å². The highest BCUT2D eigenvalue weighted by Gasteiger charge is 2.24. The average Bonchev–Trinajstić information content (AvgIpc) is 3.04. The smallest absolute Gasteiger partial charge is 0.122 e. The number of aliphatic hydroxyl groups excluding tert-OH is 1. The molecule has 0 bridgehead atoms. The summed E-state index contributed by atoms with van der Waals surface area (Å²) in [5.41, 5.74) is 2.30. The highest BCUT2D eigenvalue weighted by atomic mass is 16.5. The molecule has 0 heterocycles. The van der Waals surface area contributed by atoms with Crippen molar-refractivity contribution in [3.63, 3.8) is 0 Å². The van der Waals surface area contributed by atoms with Crippen LogP contribution in [0.4, 0.5) is 0 Å². The van der Waals surface area contributed by atoms with E-state index in [1.54, 1.807) is 0 Å². The van der Waals surface area contributed by atoms with Gasteiger partial charge in [-0.05, 0) is 36.8 Å². The SMILES string of the molecule is OC1CCc2c(OCCC3CC3)cccc21. The molecule has 0 aromatic heterocycles. The zero-order valence-electron chi connectivity index (χ0n) is 9.48. The Morgan fingerprint density at radius 2 is 2.12 bits per heavy atom. The van der Waals surface area contributed by atoms with Gasteiger partial charge in [0.05, 0.1) is 12.7 Å². The van der Waals surface area contributed by atoms with Gasteiger partial charge in [0.1, 0.15) is 5.75 Å². The predicted molar refractivity (Wildman–Crippen MR) is 62.6 cm³/mol. The van der Waals surface area contributed by atoms with E-state index in [9.17, 15) is 5.11 Å². The fourth-order valence-corrected chi connectivity index (χ4v) is 2.48. The Morgan fingerprint density at radius 3 is 2.94 bits per heavy atom. The van der Waals surface area contributed by atoms with Crippen LogP contribution in [0, 0.1) is 5.92 Å². The van der Waals surface area contributed by atoms with Crippen molar-refractivity contribution in [3.05, 3.63) is 29.3 Å². The zero-order chi connectivity index (χ0) is 11.0. The fourth-order valence-electron chi connectivity index (χ4n) is 2.48. The Morgan fingerprint density at radius 1 is 1.25 bits per heavy atom. The summed E-state index contributed by atoms with van der Waals surface area (Å²) >= 11 is 0. The van der Waals surface area contributed by atoms with Gasteiger partial charge in [0.15, 0.2) is 0 Å². The molecule has 1 unspecified atom stereocenters. The Hall–Kier alpha value is -1.02.